The van der Waals surface area contributed by atoms with E-state index in [1.54, 1.807) is 18.5 Å². The van der Waals surface area contributed by atoms with E-state index in [-0.39, 0.29) is 18.8 Å². The number of halogens is 4. The van der Waals surface area contributed by atoms with Crippen molar-refractivity contribution in [1.82, 2.24) is 25.3 Å². The Bertz CT molecular complexity index is 1040. The van der Waals surface area contributed by atoms with Crippen molar-refractivity contribution in [3.8, 4) is 11.4 Å². The lowest BCUT2D eigenvalue weighted by atomic mass is 10.2. The van der Waals surface area contributed by atoms with Gasteiger partial charge in [-0.1, -0.05) is 0 Å². The van der Waals surface area contributed by atoms with Crippen LogP contribution in [0.3, 0.4) is 0 Å². The van der Waals surface area contributed by atoms with Crippen LogP contribution < -0.4 is 10.2 Å². The third-order valence-corrected chi connectivity index (χ3v) is 4.64. The average Bonchev–Trinajstić information content (AvgIpc) is 3.29. The molecule has 0 unspecified atom stereocenters. The summed E-state index contributed by atoms with van der Waals surface area (Å²) in [7, 11) is 0. The monoisotopic (exact) mass is 408 g/mol. The number of rotatable bonds is 4. The quantitative estimate of drug-likeness (QED) is 0.648. The fourth-order valence-electron chi connectivity index (χ4n) is 3.37. The third kappa shape index (κ3) is 3.98. The molecule has 0 aromatic carbocycles. The number of aromatic nitrogens is 4. The van der Waals surface area contributed by atoms with E-state index in [1.807, 2.05) is 11.4 Å². The van der Waals surface area contributed by atoms with Crippen LogP contribution in [0.2, 0.25) is 0 Å². The molecule has 3 aromatic heterocycles. The van der Waals surface area contributed by atoms with Gasteiger partial charge in [0, 0.05) is 36.0 Å². The van der Waals surface area contributed by atoms with E-state index in [9.17, 15) is 22.4 Å². The van der Waals surface area contributed by atoms with Gasteiger partial charge in [0.2, 0.25) is 5.91 Å². The van der Waals surface area contributed by atoms with Crippen LogP contribution in [-0.2, 0) is 4.79 Å². The summed E-state index contributed by atoms with van der Waals surface area (Å²) in [6.45, 7) is -1.61. The Morgan fingerprint density at radius 2 is 2.10 bits per heavy atom. The number of hydrogen-bond acceptors (Lipinski definition) is 5. The molecule has 1 fully saturated rings. The summed E-state index contributed by atoms with van der Waals surface area (Å²) >= 11 is 0. The highest BCUT2D eigenvalue weighted by Gasteiger charge is 2.39. The van der Waals surface area contributed by atoms with Gasteiger partial charge >= 0.3 is 6.18 Å². The molecule has 11 heteroatoms. The maximum Gasteiger partial charge on any atom is 0.405 e. The molecule has 0 spiro atoms. The van der Waals surface area contributed by atoms with Gasteiger partial charge in [0.15, 0.2) is 5.82 Å². The number of alkyl halides is 4. The number of fused-ring (bicyclic) bond motifs is 1. The Morgan fingerprint density at radius 1 is 1.28 bits per heavy atom. The van der Waals surface area contributed by atoms with Gasteiger partial charge in [-0.15, -0.1) is 0 Å². The van der Waals surface area contributed by atoms with Crippen molar-refractivity contribution in [3.05, 3.63) is 36.8 Å². The van der Waals surface area contributed by atoms with Crippen LogP contribution in [0.25, 0.3) is 22.4 Å². The maximum absolute atomic E-state index is 14.0. The summed E-state index contributed by atoms with van der Waals surface area (Å²) in [4.78, 5) is 29.5. The first-order valence-corrected chi connectivity index (χ1v) is 8.82. The second kappa shape index (κ2) is 7.30. The summed E-state index contributed by atoms with van der Waals surface area (Å²) in [6.07, 6.45) is -1.32. The van der Waals surface area contributed by atoms with Crippen LogP contribution in [0.5, 0.6) is 0 Å². The molecular weight excluding hydrogens is 392 g/mol. The van der Waals surface area contributed by atoms with E-state index >= 15 is 0 Å². The lowest BCUT2D eigenvalue weighted by molar-refractivity contribution is -0.139. The van der Waals surface area contributed by atoms with Gasteiger partial charge in [0.05, 0.1) is 6.54 Å². The van der Waals surface area contributed by atoms with Gasteiger partial charge in [0.25, 0.3) is 0 Å². The fraction of sp³-hybridized carbons (Fsp3) is 0.333. The first-order chi connectivity index (χ1) is 13.8. The number of nitrogens with one attached hydrogen (secondary N) is 2. The second-order valence-corrected chi connectivity index (χ2v) is 6.67. The Labute approximate surface area is 162 Å². The highest BCUT2D eigenvalue weighted by atomic mass is 19.4. The number of pyridine rings is 1. The maximum atomic E-state index is 14.0. The molecule has 7 nitrogen and oxygen atoms in total. The van der Waals surface area contributed by atoms with Crippen LogP contribution in [0.15, 0.2) is 36.8 Å². The first-order valence-electron chi connectivity index (χ1n) is 8.82. The Balaban J connectivity index is 1.62. The van der Waals surface area contributed by atoms with Crippen molar-refractivity contribution >= 4 is 22.8 Å². The normalized spacial score (nSPS) is 19.7. The van der Waals surface area contributed by atoms with E-state index < -0.39 is 30.8 Å². The van der Waals surface area contributed by atoms with Crippen LogP contribution in [0.1, 0.15) is 6.42 Å². The first kappa shape index (κ1) is 19.1. The topological polar surface area (TPSA) is 86.8 Å². The van der Waals surface area contributed by atoms with Crippen LogP contribution >= 0.6 is 0 Å². The Kier molecular flexibility index (Phi) is 4.81. The van der Waals surface area contributed by atoms with E-state index in [2.05, 4.69) is 19.9 Å². The molecule has 1 aliphatic heterocycles. The molecule has 4 heterocycles. The van der Waals surface area contributed by atoms with Crippen molar-refractivity contribution in [2.45, 2.75) is 24.8 Å². The van der Waals surface area contributed by atoms with Gasteiger partial charge < -0.3 is 15.2 Å². The Morgan fingerprint density at radius 3 is 2.90 bits per heavy atom. The molecule has 1 saturated heterocycles. The summed E-state index contributed by atoms with van der Waals surface area (Å²) in [6, 6.07) is 4.02. The highest BCUT2D eigenvalue weighted by Crippen LogP contribution is 2.29. The third-order valence-electron chi connectivity index (χ3n) is 4.64. The molecule has 2 atom stereocenters. The molecule has 0 bridgehead atoms. The predicted octanol–water partition coefficient (Wildman–Crippen LogP) is 2.62. The molecule has 1 aliphatic rings. The number of anilines is 1. The average molecular weight is 408 g/mol. The minimum Gasteiger partial charge on any atom is -0.345 e. The molecule has 4 rings (SSSR count). The van der Waals surface area contributed by atoms with E-state index in [0.29, 0.717) is 17.0 Å². The zero-order chi connectivity index (χ0) is 20.6. The van der Waals surface area contributed by atoms with Crippen LogP contribution in [0.4, 0.5) is 23.4 Å². The largest absolute Gasteiger partial charge is 0.405 e. The minimum atomic E-state index is -4.54. The number of amides is 1. The summed E-state index contributed by atoms with van der Waals surface area (Å²) in [5.74, 6) is -0.294. The number of carbonyl (C=O) groups is 1. The smallest absolute Gasteiger partial charge is 0.345 e. The number of H-pyrrole nitrogens is 1. The van der Waals surface area contributed by atoms with Gasteiger partial charge in [-0.2, -0.15) is 13.2 Å². The molecule has 0 saturated carbocycles. The van der Waals surface area contributed by atoms with E-state index in [0.717, 1.165) is 5.39 Å². The molecule has 29 heavy (non-hydrogen) atoms. The molecule has 2 N–H and O–H groups in total. The number of nitrogens with zero attached hydrogens (tertiary/aromatic N) is 4. The van der Waals surface area contributed by atoms with Gasteiger partial charge in [0.1, 0.15) is 30.2 Å². The van der Waals surface area contributed by atoms with E-state index in [1.165, 1.54) is 17.2 Å². The van der Waals surface area contributed by atoms with Crippen molar-refractivity contribution < 1.29 is 22.4 Å². The van der Waals surface area contributed by atoms with Gasteiger partial charge in [-0.3, -0.25) is 4.79 Å². The molecule has 0 radical (unpaired) electrons. The Hall–Kier alpha value is -3.24. The number of hydrogen-bond donors (Lipinski definition) is 2. The molecule has 152 valence electrons. The summed E-state index contributed by atoms with van der Waals surface area (Å²) in [5, 5.41) is 2.61. The van der Waals surface area contributed by atoms with Gasteiger partial charge in [-0.25, -0.2) is 19.3 Å². The van der Waals surface area contributed by atoms with Crippen LogP contribution in [-0.4, -0.2) is 57.3 Å². The molecular formula is C18H16F4N6O. The van der Waals surface area contributed by atoms with Gasteiger partial charge in [-0.05, 0) is 18.2 Å². The second-order valence-electron chi connectivity index (χ2n) is 6.67. The lowest BCUT2D eigenvalue weighted by Crippen LogP contribution is -2.46. The number of carbonyl (C=O) groups excluding carboxylic acids is 1. The fourth-order valence-corrected chi connectivity index (χ4v) is 3.37. The standard InChI is InChI=1S/C18H16F4N6O/c19-10-6-13(17(29)26-9-18(20,21)22)28(8-10)14-3-5-24-16(27-14)12-7-25-15-11(12)2-1-4-23-15/h1-5,7,10,13H,6,8-9H2,(H,23,25)(H,26,29)/t10-,13+/m0/s1. The molecule has 1 amide bonds. The SMILES string of the molecule is O=C(NCC(F)(F)F)[C@H]1C[C@H](F)CN1c1ccnc(-c2c[nH]c3ncccc23)n1. The summed E-state index contributed by atoms with van der Waals surface area (Å²) in [5.41, 5.74) is 1.31. The van der Waals surface area contributed by atoms with Crippen molar-refractivity contribution in [3.63, 3.8) is 0 Å². The lowest BCUT2D eigenvalue weighted by Gasteiger charge is -2.24. The van der Waals surface area contributed by atoms with Crippen molar-refractivity contribution in [2.24, 2.45) is 0 Å². The van der Waals surface area contributed by atoms with E-state index in [4.69, 9.17) is 0 Å². The number of aromatic amines is 1. The van der Waals surface area contributed by atoms with Crippen LogP contribution in [0, 0.1) is 0 Å². The molecule has 3 aromatic rings. The molecule has 0 aliphatic carbocycles. The minimum absolute atomic E-state index is 0.143. The van der Waals surface area contributed by atoms with Crippen molar-refractivity contribution in [2.75, 3.05) is 18.0 Å². The zero-order valence-electron chi connectivity index (χ0n) is 14.9. The highest BCUT2D eigenvalue weighted by molar-refractivity contribution is 5.91. The summed E-state index contributed by atoms with van der Waals surface area (Å²) < 4.78 is 51.2. The zero-order valence-corrected chi connectivity index (χ0v) is 14.9. The predicted molar refractivity (Wildman–Crippen MR) is 96.8 cm³/mol. The van der Waals surface area contributed by atoms with Crippen molar-refractivity contribution in [1.29, 1.82) is 0 Å².